The van der Waals surface area contributed by atoms with Crippen molar-refractivity contribution in [1.82, 2.24) is 20.9 Å². The number of rotatable bonds is 8. The summed E-state index contributed by atoms with van der Waals surface area (Å²) in [6.45, 7) is 3.60. The second-order valence-electron chi connectivity index (χ2n) is 12.2. The Balaban J connectivity index is 1.57. The fourth-order valence-corrected chi connectivity index (χ4v) is 6.60. The predicted molar refractivity (Wildman–Crippen MR) is 129 cm³/mol. The number of carbonyl (C=O) groups is 4. The second-order valence-corrected chi connectivity index (χ2v) is 12.2. The number of halogens is 5. The molecule has 6 atom stereocenters. The fraction of sp³-hybridized carbons (Fsp3) is 0.808. The molecule has 0 aromatic heterocycles. The molecule has 14 heteroatoms. The number of hydrogen-bond acceptors (Lipinski definition) is 5. The molecule has 0 radical (unpaired) electrons. The van der Waals surface area contributed by atoms with Crippen molar-refractivity contribution >= 4 is 23.6 Å². The number of alkyl halides is 5. The van der Waals surface area contributed by atoms with E-state index in [1.807, 2.05) is 6.07 Å². The molecule has 5 rings (SSSR count). The van der Waals surface area contributed by atoms with E-state index in [1.165, 1.54) is 0 Å². The van der Waals surface area contributed by atoms with E-state index < -0.39 is 77.8 Å². The summed E-state index contributed by atoms with van der Waals surface area (Å²) in [5, 5.41) is 16.6. The molecule has 40 heavy (non-hydrogen) atoms. The minimum Gasteiger partial charge on any atom is -0.351 e. The topological polar surface area (TPSA) is 131 Å². The van der Waals surface area contributed by atoms with Crippen molar-refractivity contribution in [3.8, 4) is 6.07 Å². The van der Waals surface area contributed by atoms with Crippen LogP contribution in [0.1, 0.15) is 71.6 Å². The summed E-state index contributed by atoms with van der Waals surface area (Å²) in [4.78, 5) is 52.2. The van der Waals surface area contributed by atoms with Gasteiger partial charge in [-0.3, -0.25) is 19.2 Å². The molecular formula is C26H34F5N5O4. The first kappa shape index (κ1) is 30.0. The lowest BCUT2D eigenvalue weighted by Crippen LogP contribution is -2.71. The summed E-state index contributed by atoms with van der Waals surface area (Å²) in [7, 11) is 0. The lowest BCUT2D eigenvalue weighted by molar-refractivity contribution is -0.196. The van der Waals surface area contributed by atoms with Gasteiger partial charge in [0.15, 0.2) is 0 Å². The summed E-state index contributed by atoms with van der Waals surface area (Å²) in [5.41, 5.74) is -0.518. The highest BCUT2D eigenvalue weighted by Gasteiger charge is 2.61. The Bertz CT molecular complexity index is 1090. The van der Waals surface area contributed by atoms with E-state index in [4.69, 9.17) is 0 Å². The van der Waals surface area contributed by atoms with E-state index in [9.17, 15) is 37.6 Å². The van der Waals surface area contributed by atoms with Crippen LogP contribution >= 0.6 is 0 Å². The van der Waals surface area contributed by atoms with Gasteiger partial charge in [-0.1, -0.05) is 19.3 Å². The zero-order valence-corrected chi connectivity index (χ0v) is 22.3. The Labute approximate surface area is 228 Å². The number of nitrogens with zero attached hydrogens (tertiary/aromatic N) is 2. The third-order valence-electron chi connectivity index (χ3n) is 8.69. The smallest absolute Gasteiger partial charge is 0.351 e. The van der Waals surface area contributed by atoms with Gasteiger partial charge in [0.05, 0.1) is 12.0 Å². The molecule has 3 saturated heterocycles. The van der Waals surface area contributed by atoms with Crippen LogP contribution in [0.25, 0.3) is 0 Å². The largest absolute Gasteiger partial charge is 0.471 e. The maximum Gasteiger partial charge on any atom is 0.471 e. The van der Waals surface area contributed by atoms with Gasteiger partial charge in [0.2, 0.25) is 17.7 Å². The maximum atomic E-state index is 15.0. The lowest BCUT2D eigenvalue weighted by atomic mass is 9.71. The van der Waals surface area contributed by atoms with Crippen LogP contribution < -0.4 is 16.0 Å². The van der Waals surface area contributed by atoms with Gasteiger partial charge in [-0.05, 0) is 51.9 Å². The minimum atomic E-state index is -5.26. The molecule has 4 amide bonds. The molecule has 2 bridgehead atoms. The number of nitrogens with one attached hydrogen (secondary N) is 3. The molecule has 222 valence electrons. The Morgan fingerprint density at radius 2 is 1.77 bits per heavy atom. The van der Waals surface area contributed by atoms with Crippen molar-refractivity contribution in [3.05, 3.63) is 0 Å². The molecule has 5 aliphatic rings. The molecule has 3 aliphatic heterocycles. The van der Waals surface area contributed by atoms with Crippen LogP contribution in [-0.4, -0.2) is 70.3 Å². The fourth-order valence-electron chi connectivity index (χ4n) is 6.60. The first-order valence-electron chi connectivity index (χ1n) is 13.6. The van der Waals surface area contributed by atoms with E-state index in [-0.39, 0.29) is 37.5 Å². The molecule has 5 fully saturated rings. The average Bonchev–Trinajstić information content (AvgIpc) is 3.08. The normalized spacial score (nSPS) is 30.4. The molecule has 0 spiro atoms. The van der Waals surface area contributed by atoms with Crippen LogP contribution in [0.3, 0.4) is 0 Å². The van der Waals surface area contributed by atoms with Crippen LogP contribution in [0.4, 0.5) is 22.0 Å². The molecular weight excluding hydrogens is 541 g/mol. The predicted octanol–water partition coefficient (Wildman–Crippen LogP) is 2.55. The zero-order valence-electron chi connectivity index (χ0n) is 22.3. The highest BCUT2D eigenvalue weighted by Crippen LogP contribution is 2.49. The second kappa shape index (κ2) is 10.8. The summed E-state index contributed by atoms with van der Waals surface area (Å²) in [6.07, 6.45) is -3.67. The summed E-state index contributed by atoms with van der Waals surface area (Å²) in [5.74, 6) is -10.3. The van der Waals surface area contributed by atoms with Crippen molar-refractivity contribution in [2.24, 2.45) is 17.8 Å². The Kier molecular flexibility index (Phi) is 8.08. The van der Waals surface area contributed by atoms with Crippen LogP contribution in [-0.2, 0) is 19.2 Å². The first-order valence-corrected chi connectivity index (χ1v) is 13.6. The monoisotopic (exact) mass is 575 g/mol. The number of hydrogen-bond donors (Lipinski definition) is 3. The summed E-state index contributed by atoms with van der Waals surface area (Å²) >= 11 is 0. The van der Waals surface area contributed by atoms with E-state index in [1.54, 1.807) is 19.2 Å². The van der Waals surface area contributed by atoms with Gasteiger partial charge in [0.25, 0.3) is 5.92 Å². The Morgan fingerprint density at radius 3 is 2.27 bits per heavy atom. The zero-order chi connectivity index (χ0) is 29.6. The lowest BCUT2D eigenvalue weighted by Gasteiger charge is -2.54. The minimum absolute atomic E-state index is 0.0748. The van der Waals surface area contributed by atoms with Crippen LogP contribution in [0, 0.1) is 29.1 Å². The molecule has 2 aliphatic carbocycles. The van der Waals surface area contributed by atoms with Gasteiger partial charge >= 0.3 is 12.1 Å². The van der Waals surface area contributed by atoms with Gasteiger partial charge in [-0.15, -0.1) is 0 Å². The maximum absolute atomic E-state index is 15.0. The van der Waals surface area contributed by atoms with Crippen molar-refractivity contribution in [1.29, 1.82) is 5.26 Å². The van der Waals surface area contributed by atoms with Gasteiger partial charge in [-0.25, -0.2) is 8.78 Å². The third kappa shape index (κ3) is 6.17. The number of fused-ring (bicyclic) bond motifs is 3. The van der Waals surface area contributed by atoms with Crippen molar-refractivity contribution < 1.29 is 41.1 Å². The van der Waals surface area contributed by atoms with Crippen molar-refractivity contribution in [3.63, 3.8) is 0 Å². The van der Waals surface area contributed by atoms with Crippen LogP contribution in [0.5, 0.6) is 0 Å². The van der Waals surface area contributed by atoms with E-state index in [0.29, 0.717) is 19.3 Å². The van der Waals surface area contributed by atoms with Crippen LogP contribution in [0.2, 0.25) is 0 Å². The quantitative estimate of drug-likeness (QED) is 0.383. The first-order chi connectivity index (χ1) is 18.5. The van der Waals surface area contributed by atoms with E-state index in [0.717, 1.165) is 11.3 Å². The molecule has 0 aromatic rings. The molecule has 3 heterocycles. The number of piperidine rings is 2. The van der Waals surface area contributed by atoms with E-state index >= 15 is 8.78 Å². The molecule has 0 aromatic carbocycles. The molecule has 3 N–H and O–H groups in total. The van der Waals surface area contributed by atoms with Gasteiger partial charge < -0.3 is 20.9 Å². The molecule has 2 saturated carbocycles. The van der Waals surface area contributed by atoms with Crippen molar-refractivity contribution in [2.75, 3.05) is 0 Å². The number of carbonyl (C=O) groups excluding carboxylic acids is 4. The van der Waals surface area contributed by atoms with E-state index in [2.05, 4.69) is 10.6 Å². The average molecular weight is 576 g/mol. The Morgan fingerprint density at radius 1 is 1.10 bits per heavy atom. The summed E-state index contributed by atoms with van der Waals surface area (Å²) in [6, 6.07) is -3.86. The van der Waals surface area contributed by atoms with Gasteiger partial charge in [0, 0.05) is 23.9 Å². The third-order valence-corrected chi connectivity index (χ3v) is 8.69. The van der Waals surface area contributed by atoms with Crippen molar-refractivity contribution in [2.45, 2.75) is 113 Å². The standard InChI is InChI=1S/C26H34F5N5O4/c1-24(2)10-14(20(37)35-24)9-15(12-32)33-21(38)19-17-7-6-16(11-25(17,27)28)36(19)22(39)18(8-13-4-3-5-13)34-23(40)26(29,30)31/h13-19H,3-11H2,1-2H3,(H,33,38)(H,34,40)(H,35,37)/t14-,15-,16-,17-,18+,19-/m0/s1. The Hall–Kier alpha value is -2.98. The van der Waals surface area contributed by atoms with Gasteiger partial charge in [-0.2, -0.15) is 18.4 Å². The molecule has 9 nitrogen and oxygen atoms in total. The number of amides is 4. The summed E-state index contributed by atoms with van der Waals surface area (Å²) < 4.78 is 69.2. The van der Waals surface area contributed by atoms with Crippen LogP contribution in [0.15, 0.2) is 0 Å². The SMILES string of the molecule is CC1(C)C[C@H](C[C@@H](C#N)NC(=O)[C@@H]2[C@@H]3CC[C@@H](CC3(F)F)N2C(=O)[C@@H](CC2CCC2)NC(=O)C(F)(F)F)C(=O)N1. The van der Waals surface area contributed by atoms with Gasteiger partial charge in [0.1, 0.15) is 18.1 Å². The number of nitriles is 1. The highest BCUT2D eigenvalue weighted by atomic mass is 19.4. The highest BCUT2D eigenvalue weighted by molar-refractivity contribution is 5.94. The molecule has 0 unspecified atom stereocenters.